The Morgan fingerprint density at radius 3 is 2.66 bits per heavy atom. The Hall–Kier alpha value is -2.65. The summed E-state index contributed by atoms with van der Waals surface area (Å²) >= 11 is 1.32. The van der Waals surface area contributed by atoms with E-state index in [1.54, 1.807) is 6.08 Å². The van der Waals surface area contributed by atoms with E-state index in [9.17, 15) is 13.2 Å². The van der Waals surface area contributed by atoms with Crippen molar-refractivity contribution < 1.29 is 13.2 Å². The van der Waals surface area contributed by atoms with Crippen molar-refractivity contribution >= 4 is 27.4 Å². The lowest BCUT2D eigenvalue weighted by atomic mass is 10.1. The van der Waals surface area contributed by atoms with Gasteiger partial charge in [-0.1, -0.05) is 36.0 Å². The lowest BCUT2D eigenvalue weighted by Crippen LogP contribution is -2.12. The molecule has 0 N–H and O–H groups in total. The van der Waals surface area contributed by atoms with Crippen molar-refractivity contribution in [3.63, 3.8) is 0 Å². The molecule has 0 spiro atoms. The van der Waals surface area contributed by atoms with Gasteiger partial charge in [0.1, 0.15) is 5.82 Å². The number of Topliss-reactive ketones (excluding diaryl/α,β-unsaturated/α-hetero) is 1. The van der Waals surface area contributed by atoms with Crippen molar-refractivity contribution in [2.24, 2.45) is 0 Å². The minimum Gasteiger partial charge on any atom is -0.318 e. The fourth-order valence-electron chi connectivity index (χ4n) is 4.24. The molecular formula is C23H26N4O3S2. The second-order valence-corrected chi connectivity index (χ2v) is 11.2. The molecule has 1 atom stereocenters. The van der Waals surface area contributed by atoms with Crippen molar-refractivity contribution in [2.75, 3.05) is 17.3 Å². The number of carbonyl (C=O) groups excluding carboxylic acids is 1. The van der Waals surface area contributed by atoms with Gasteiger partial charge in [0, 0.05) is 35.1 Å². The van der Waals surface area contributed by atoms with E-state index < -0.39 is 9.84 Å². The standard InChI is InChI=1S/C23H26N4O3S2/c1-4-11-26-22(18-10-12-32(29,30)15-18)24-25-23(26)31-14-21(28)20-13-16(2)27(17(20)3)19-8-6-5-7-9-19/h4-9,13,18H,1,10-12,14-15H2,2-3H3/t18-/m0/s1. The van der Waals surface area contributed by atoms with Gasteiger partial charge in [0.2, 0.25) is 0 Å². The van der Waals surface area contributed by atoms with Crippen molar-refractivity contribution in [3.05, 3.63) is 71.8 Å². The van der Waals surface area contributed by atoms with Gasteiger partial charge in [0.05, 0.1) is 17.3 Å². The van der Waals surface area contributed by atoms with Crippen molar-refractivity contribution in [2.45, 2.75) is 37.9 Å². The van der Waals surface area contributed by atoms with Crippen LogP contribution in [0, 0.1) is 13.8 Å². The van der Waals surface area contributed by atoms with Gasteiger partial charge in [0.15, 0.2) is 20.8 Å². The van der Waals surface area contributed by atoms with Gasteiger partial charge in [-0.05, 0) is 38.5 Å². The van der Waals surface area contributed by atoms with Gasteiger partial charge >= 0.3 is 0 Å². The van der Waals surface area contributed by atoms with Crippen LogP contribution in [-0.4, -0.2) is 50.8 Å². The smallest absolute Gasteiger partial charge is 0.191 e. The van der Waals surface area contributed by atoms with Gasteiger partial charge in [-0.25, -0.2) is 8.42 Å². The third-order valence-electron chi connectivity index (χ3n) is 5.73. The van der Waals surface area contributed by atoms with Gasteiger partial charge in [0.25, 0.3) is 0 Å². The quantitative estimate of drug-likeness (QED) is 0.283. The van der Waals surface area contributed by atoms with Crippen LogP contribution in [0.2, 0.25) is 0 Å². The highest BCUT2D eigenvalue weighted by Gasteiger charge is 2.33. The number of hydrogen-bond acceptors (Lipinski definition) is 6. The number of nitrogens with zero attached hydrogens (tertiary/aromatic N) is 4. The Bertz CT molecular complexity index is 1260. The van der Waals surface area contributed by atoms with E-state index in [2.05, 4.69) is 21.3 Å². The zero-order valence-corrected chi connectivity index (χ0v) is 19.8. The van der Waals surface area contributed by atoms with Crippen molar-refractivity contribution in [1.82, 2.24) is 19.3 Å². The first-order valence-electron chi connectivity index (χ1n) is 10.5. The number of carbonyl (C=O) groups is 1. The summed E-state index contributed by atoms with van der Waals surface area (Å²) in [4.78, 5) is 13.1. The highest BCUT2D eigenvalue weighted by atomic mass is 32.2. The zero-order chi connectivity index (χ0) is 22.9. The summed E-state index contributed by atoms with van der Waals surface area (Å²) in [5, 5.41) is 9.14. The Balaban J connectivity index is 1.53. The molecule has 3 heterocycles. The Labute approximate surface area is 192 Å². The normalized spacial score (nSPS) is 17.5. The number of thioether (sulfide) groups is 1. The van der Waals surface area contributed by atoms with Crippen molar-refractivity contribution in [3.8, 4) is 5.69 Å². The van der Waals surface area contributed by atoms with Gasteiger partial charge in [-0.2, -0.15) is 0 Å². The molecule has 2 aromatic heterocycles. The third-order valence-corrected chi connectivity index (χ3v) is 8.47. The van der Waals surface area contributed by atoms with Crippen LogP contribution >= 0.6 is 11.8 Å². The summed E-state index contributed by atoms with van der Waals surface area (Å²) in [6.45, 7) is 8.21. The largest absolute Gasteiger partial charge is 0.318 e. The van der Waals surface area contributed by atoms with Crippen LogP contribution < -0.4 is 0 Å². The molecule has 168 valence electrons. The first-order valence-corrected chi connectivity index (χ1v) is 13.3. The molecule has 4 rings (SSSR count). The molecule has 0 unspecified atom stereocenters. The van der Waals surface area contributed by atoms with Gasteiger partial charge in [-0.15, -0.1) is 16.8 Å². The molecule has 1 fully saturated rings. The fraction of sp³-hybridized carbons (Fsp3) is 0.348. The molecule has 0 amide bonds. The average Bonchev–Trinajstić information content (AvgIpc) is 3.42. The number of sulfone groups is 1. The molecule has 32 heavy (non-hydrogen) atoms. The summed E-state index contributed by atoms with van der Waals surface area (Å²) in [6, 6.07) is 11.9. The highest BCUT2D eigenvalue weighted by molar-refractivity contribution is 7.99. The topological polar surface area (TPSA) is 86.8 Å². The highest BCUT2D eigenvalue weighted by Crippen LogP contribution is 2.31. The number of benzene rings is 1. The maximum Gasteiger partial charge on any atom is 0.191 e. The number of aryl methyl sites for hydroxylation is 1. The number of ketones is 1. The van der Waals surface area contributed by atoms with Crippen LogP contribution in [0.5, 0.6) is 0 Å². The summed E-state index contributed by atoms with van der Waals surface area (Å²) in [5.74, 6) is 1.000. The molecule has 0 aliphatic carbocycles. The minimum absolute atomic E-state index is 0.0171. The third kappa shape index (κ3) is 4.45. The molecule has 7 nitrogen and oxygen atoms in total. The van der Waals surface area contributed by atoms with E-state index in [0.717, 1.165) is 17.1 Å². The number of allylic oxidation sites excluding steroid dienone is 1. The van der Waals surface area contributed by atoms with E-state index in [1.165, 1.54) is 11.8 Å². The predicted molar refractivity (Wildman–Crippen MR) is 127 cm³/mol. The van der Waals surface area contributed by atoms with E-state index in [1.807, 2.05) is 54.8 Å². The molecule has 3 aromatic rings. The monoisotopic (exact) mass is 470 g/mol. The molecule has 1 aliphatic rings. The van der Waals surface area contributed by atoms with E-state index in [0.29, 0.717) is 29.5 Å². The number of para-hydroxylation sites is 1. The summed E-state index contributed by atoms with van der Waals surface area (Å²) in [6.07, 6.45) is 2.28. The zero-order valence-electron chi connectivity index (χ0n) is 18.2. The van der Waals surface area contributed by atoms with Crippen LogP contribution in [-0.2, 0) is 16.4 Å². The lowest BCUT2D eigenvalue weighted by Gasteiger charge is -2.11. The molecule has 0 bridgehead atoms. The molecule has 1 aliphatic heterocycles. The van der Waals surface area contributed by atoms with Crippen LogP contribution in [0.3, 0.4) is 0 Å². The van der Waals surface area contributed by atoms with E-state index >= 15 is 0 Å². The van der Waals surface area contributed by atoms with Crippen molar-refractivity contribution in [1.29, 1.82) is 0 Å². The van der Waals surface area contributed by atoms with Crippen LogP contribution in [0.15, 0.2) is 54.2 Å². The van der Waals surface area contributed by atoms with Crippen LogP contribution in [0.1, 0.15) is 39.9 Å². The summed E-state index contributed by atoms with van der Waals surface area (Å²) in [5.41, 5.74) is 3.62. The SMILES string of the molecule is C=CCn1c(SCC(=O)c2cc(C)n(-c3ccccc3)c2C)nnc1[C@H]1CCS(=O)(=O)C1. The second kappa shape index (κ2) is 9.07. The molecule has 9 heteroatoms. The molecule has 1 aromatic carbocycles. The first kappa shape index (κ1) is 22.5. The number of aromatic nitrogens is 4. The Kier molecular flexibility index (Phi) is 6.39. The maximum absolute atomic E-state index is 13.1. The first-order chi connectivity index (χ1) is 15.3. The lowest BCUT2D eigenvalue weighted by molar-refractivity contribution is 0.102. The van der Waals surface area contributed by atoms with E-state index in [4.69, 9.17) is 0 Å². The summed E-state index contributed by atoms with van der Waals surface area (Å²) < 4.78 is 27.8. The fourth-order valence-corrected chi connectivity index (χ4v) is 6.81. The molecule has 0 saturated carbocycles. The molecular weight excluding hydrogens is 444 g/mol. The average molecular weight is 471 g/mol. The molecule has 0 radical (unpaired) electrons. The Morgan fingerprint density at radius 2 is 2.00 bits per heavy atom. The maximum atomic E-state index is 13.1. The Morgan fingerprint density at radius 1 is 1.25 bits per heavy atom. The van der Waals surface area contributed by atoms with Gasteiger partial charge < -0.3 is 9.13 Å². The molecule has 1 saturated heterocycles. The van der Waals surface area contributed by atoms with Crippen LogP contribution in [0.4, 0.5) is 0 Å². The van der Waals surface area contributed by atoms with Crippen LogP contribution in [0.25, 0.3) is 5.69 Å². The predicted octanol–water partition coefficient (Wildman–Crippen LogP) is 3.75. The number of hydrogen-bond donors (Lipinski definition) is 0. The minimum atomic E-state index is -3.03. The number of rotatable bonds is 8. The second-order valence-electron chi connectivity index (χ2n) is 8.01. The van der Waals surface area contributed by atoms with E-state index in [-0.39, 0.29) is 29.0 Å². The summed E-state index contributed by atoms with van der Waals surface area (Å²) in [7, 11) is -3.03. The van der Waals surface area contributed by atoms with Gasteiger partial charge in [-0.3, -0.25) is 4.79 Å².